The van der Waals surface area contributed by atoms with Gasteiger partial charge in [0.05, 0.1) is 11.9 Å². The highest BCUT2D eigenvalue weighted by Crippen LogP contribution is 2.25. The van der Waals surface area contributed by atoms with E-state index in [9.17, 15) is 13.2 Å². The summed E-state index contributed by atoms with van der Waals surface area (Å²) in [5, 5.41) is 3.03. The second-order valence-corrected chi connectivity index (χ2v) is 8.06. The first-order valence-electron chi connectivity index (χ1n) is 7.90. The van der Waals surface area contributed by atoms with Crippen LogP contribution in [0.1, 0.15) is 10.4 Å². The number of carbonyl (C=O) groups excluding carboxylic acids is 1. The Morgan fingerprint density at radius 1 is 0.963 bits per heavy atom. The van der Waals surface area contributed by atoms with Crippen molar-refractivity contribution in [1.82, 2.24) is 4.98 Å². The molecular weight excluding hydrogens is 386 g/mol. The normalized spacial score (nSPS) is 11.0. The number of amides is 1. The Morgan fingerprint density at radius 2 is 1.67 bits per heavy atom. The van der Waals surface area contributed by atoms with Gasteiger partial charge in [0.2, 0.25) is 10.0 Å². The minimum absolute atomic E-state index is 0.269. The van der Waals surface area contributed by atoms with E-state index in [1.165, 1.54) is 12.1 Å². The molecule has 2 N–H and O–H groups in total. The van der Waals surface area contributed by atoms with Crippen LogP contribution in [0.4, 0.5) is 11.4 Å². The van der Waals surface area contributed by atoms with E-state index in [2.05, 4.69) is 15.0 Å². The summed E-state index contributed by atoms with van der Waals surface area (Å²) < 4.78 is 25.1. The summed E-state index contributed by atoms with van der Waals surface area (Å²) in [6.07, 6.45) is 4.41. The maximum Gasteiger partial charge on any atom is 0.255 e. The van der Waals surface area contributed by atoms with Crippen molar-refractivity contribution in [2.45, 2.75) is 0 Å². The maximum atomic E-state index is 12.6. The van der Waals surface area contributed by atoms with Gasteiger partial charge < -0.3 is 5.32 Å². The lowest BCUT2D eigenvalue weighted by Crippen LogP contribution is -2.13. The average molecular weight is 402 g/mol. The predicted octanol–water partition coefficient (Wildman–Crippen LogP) is 4.03. The number of benzene rings is 2. The van der Waals surface area contributed by atoms with Crippen LogP contribution in [0.3, 0.4) is 0 Å². The number of hydrogen-bond acceptors (Lipinski definition) is 4. The third-order valence-electron chi connectivity index (χ3n) is 3.60. The lowest BCUT2D eigenvalue weighted by molar-refractivity contribution is 0.102. The van der Waals surface area contributed by atoms with Crippen LogP contribution in [0.15, 0.2) is 67.0 Å². The average Bonchev–Trinajstić information content (AvgIpc) is 2.60. The van der Waals surface area contributed by atoms with E-state index in [1.54, 1.807) is 36.7 Å². The van der Waals surface area contributed by atoms with Crippen LogP contribution in [0.5, 0.6) is 0 Å². The van der Waals surface area contributed by atoms with Crippen LogP contribution in [0.25, 0.3) is 11.1 Å². The fourth-order valence-electron chi connectivity index (χ4n) is 2.52. The molecule has 3 aromatic rings. The molecule has 0 aliphatic heterocycles. The third kappa shape index (κ3) is 5.29. The van der Waals surface area contributed by atoms with Crippen molar-refractivity contribution in [1.29, 1.82) is 0 Å². The molecule has 0 bridgehead atoms. The molecule has 1 amide bonds. The first-order valence-corrected chi connectivity index (χ1v) is 10.2. The highest BCUT2D eigenvalue weighted by atomic mass is 35.5. The Morgan fingerprint density at radius 3 is 2.37 bits per heavy atom. The number of anilines is 2. The number of nitrogens with one attached hydrogen (secondary N) is 2. The van der Waals surface area contributed by atoms with Gasteiger partial charge in [-0.2, -0.15) is 0 Å². The molecule has 0 atom stereocenters. The SMILES string of the molecule is CS(=O)(=O)Nc1cc(Cl)cc(NC(=O)c2cccc(-c3ccncc3)c2)c1. The van der Waals surface area contributed by atoms with Gasteiger partial charge in [0.1, 0.15) is 0 Å². The van der Waals surface area contributed by atoms with Gasteiger partial charge >= 0.3 is 0 Å². The van der Waals surface area contributed by atoms with Crippen molar-refractivity contribution in [3.05, 3.63) is 77.6 Å². The fourth-order valence-corrected chi connectivity index (χ4v) is 3.30. The number of aromatic nitrogens is 1. The molecule has 1 aromatic heterocycles. The van der Waals surface area contributed by atoms with Gasteiger partial charge in [-0.1, -0.05) is 23.7 Å². The van der Waals surface area contributed by atoms with Crippen LogP contribution in [-0.4, -0.2) is 25.6 Å². The molecule has 0 saturated heterocycles. The third-order valence-corrected chi connectivity index (χ3v) is 4.42. The Hall–Kier alpha value is -2.90. The van der Waals surface area contributed by atoms with Gasteiger partial charge in [-0.05, 0) is 53.6 Å². The van der Waals surface area contributed by atoms with Gasteiger partial charge in [0.25, 0.3) is 5.91 Å². The smallest absolute Gasteiger partial charge is 0.255 e. The molecule has 138 valence electrons. The molecule has 6 nitrogen and oxygen atoms in total. The molecule has 1 heterocycles. The van der Waals surface area contributed by atoms with Crippen molar-refractivity contribution in [2.75, 3.05) is 16.3 Å². The quantitative estimate of drug-likeness (QED) is 0.675. The van der Waals surface area contributed by atoms with E-state index in [-0.39, 0.29) is 11.6 Å². The highest BCUT2D eigenvalue weighted by Gasteiger charge is 2.10. The number of hydrogen-bond donors (Lipinski definition) is 2. The Labute approximate surface area is 162 Å². The summed E-state index contributed by atoms with van der Waals surface area (Å²) in [6.45, 7) is 0. The van der Waals surface area contributed by atoms with E-state index < -0.39 is 10.0 Å². The topological polar surface area (TPSA) is 88.2 Å². The van der Waals surface area contributed by atoms with E-state index in [0.717, 1.165) is 17.4 Å². The first-order chi connectivity index (χ1) is 12.8. The van der Waals surface area contributed by atoms with Crippen LogP contribution in [0, 0.1) is 0 Å². The monoisotopic (exact) mass is 401 g/mol. The molecule has 27 heavy (non-hydrogen) atoms. The van der Waals surface area contributed by atoms with Gasteiger partial charge in [0.15, 0.2) is 0 Å². The molecule has 3 rings (SSSR count). The zero-order valence-electron chi connectivity index (χ0n) is 14.3. The van der Waals surface area contributed by atoms with Gasteiger partial charge in [-0.3, -0.25) is 14.5 Å². The minimum atomic E-state index is -3.45. The molecule has 0 saturated carbocycles. The predicted molar refractivity (Wildman–Crippen MR) is 108 cm³/mol. The number of carbonyl (C=O) groups is 1. The molecule has 8 heteroatoms. The van der Waals surface area contributed by atoms with Gasteiger partial charge in [-0.25, -0.2) is 8.42 Å². The van der Waals surface area contributed by atoms with Crippen LogP contribution < -0.4 is 10.0 Å². The largest absolute Gasteiger partial charge is 0.322 e. The number of pyridine rings is 1. The molecule has 0 unspecified atom stereocenters. The van der Waals surface area contributed by atoms with E-state index in [1.807, 2.05) is 18.2 Å². The second-order valence-electron chi connectivity index (χ2n) is 5.87. The summed E-state index contributed by atoms with van der Waals surface area (Å²) in [7, 11) is -3.45. The standard InChI is InChI=1S/C19H16ClN3O3S/c1-27(25,26)23-18-11-16(20)10-17(12-18)22-19(24)15-4-2-3-14(9-15)13-5-7-21-8-6-13/h2-12,23H,1H3,(H,22,24). The van der Waals surface area contributed by atoms with Crippen LogP contribution in [-0.2, 0) is 10.0 Å². The molecular formula is C19H16ClN3O3S. The number of nitrogens with zero attached hydrogens (tertiary/aromatic N) is 1. The van der Waals surface area contributed by atoms with E-state index >= 15 is 0 Å². The lowest BCUT2D eigenvalue weighted by atomic mass is 10.0. The zero-order chi connectivity index (χ0) is 19.4. The van der Waals surface area contributed by atoms with E-state index in [4.69, 9.17) is 11.6 Å². The summed E-state index contributed by atoms with van der Waals surface area (Å²) in [6, 6.07) is 15.4. The van der Waals surface area contributed by atoms with Crippen LogP contribution >= 0.6 is 11.6 Å². The molecule has 0 fully saturated rings. The molecule has 0 aliphatic rings. The van der Waals surface area contributed by atoms with Crippen molar-refractivity contribution < 1.29 is 13.2 Å². The van der Waals surface area contributed by atoms with Crippen LogP contribution in [0.2, 0.25) is 5.02 Å². The van der Waals surface area contributed by atoms with Gasteiger partial charge in [0, 0.05) is 28.7 Å². The van der Waals surface area contributed by atoms with Gasteiger partial charge in [-0.15, -0.1) is 0 Å². The molecule has 0 spiro atoms. The maximum absolute atomic E-state index is 12.6. The van der Waals surface area contributed by atoms with Crippen molar-refractivity contribution in [2.24, 2.45) is 0 Å². The summed E-state index contributed by atoms with van der Waals surface area (Å²) in [4.78, 5) is 16.6. The Balaban J connectivity index is 1.84. The second kappa shape index (κ2) is 7.77. The summed E-state index contributed by atoms with van der Waals surface area (Å²) in [5.74, 6) is -0.335. The molecule has 2 aromatic carbocycles. The van der Waals surface area contributed by atoms with Crippen molar-refractivity contribution >= 4 is 38.9 Å². The summed E-state index contributed by atoms with van der Waals surface area (Å²) >= 11 is 6.02. The van der Waals surface area contributed by atoms with Crippen molar-refractivity contribution in [3.8, 4) is 11.1 Å². The van der Waals surface area contributed by atoms with E-state index in [0.29, 0.717) is 16.3 Å². The van der Waals surface area contributed by atoms with Crippen molar-refractivity contribution in [3.63, 3.8) is 0 Å². The molecule has 0 aliphatic carbocycles. The molecule has 0 radical (unpaired) electrons. The zero-order valence-corrected chi connectivity index (χ0v) is 15.9. The minimum Gasteiger partial charge on any atom is -0.322 e. The number of sulfonamides is 1. The Kier molecular flexibility index (Phi) is 5.43. The summed E-state index contributed by atoms with van der Waals surface area (Å²) in [5.41, 5.74) is 2.94. The highest BCUT2D eigenvalue weighted by molar-refractivity contribution is 7.92. The Bertz CT molecular complexity index is 1090. The lowest BCUT2D eigenvalue weighted by Gasteiger charge is -2.10. The first kappa shape index (κ1) is 18.9. The number of halogens is 1. The number of rotatable bonds is 5. The fraction of sp³-hybridized carbons (Fsp3) is 0.0526.